The van der Waals surface area contributed by atoms with E-state index in [0.29, 0.717) is 17.8 Å². The molecule has 6 heteroatoms. The summed E-state index contributed by atoms with van der Waals surface area (Å²) >= 11 is 3.56. The smallest absolute Gasteiger partial charge is 0.273 e. The summed E-state index contributed by atoms with van der Waals surface area (Å²) < 4.78 is 0.746. The quantitative estimate of drug-likeness (QED) is 0.849. The van der Waals surface area contributed by atoms with Crippen LogP contribution in [0.4, 0.5) is 0 Å². The van der Waals surface area contributed by atoms with E-state index in [-0.39, 0.29) is 5.91 Å². The number of hydrogen-bond acceptors (Lipinski definition) is 3. The maximum atomic E-state index is 12.9. The minimum atomic E-state index is 0.0286. The molecular weight excluding hydrogens is 356 g/mol. The lowest BCUT2D eigenvalue weighted by Crippen LogP contribution is -2.39. The highest BCUT2D eigenvalue weighted by atomic mass is 79.9. The minimum absolute atomic E-state index is 0.0286. The van der Waals surface area contributed by atoms with E-state index in [1.807, 2.05) is 35.2 Å². The van der Waals surface area contributed by atoms with Crippen LogP contribution in [0.5, 0.6) is 0 Å². The number of halogens is 1. The van der Waals surface area contributed by atoms with E-state index in [9.17, 15) is 4.79 Å². The number of carbonyl (C=O) groups is 1. The fourth-order valence-electron chi connectivity index (χ4n) is 3.54. The van der Waals surface area contributed by atoms with Gasteiger partial charge in [-0.05, 0) is 35.2 Å². The monoisotopic (exact) mass is 374 g/mol. The Labute approximate surface area is 143 Å². The number of H-pyrrole nitrogens is 1. The van der Waals surface area contributed by atoms with Crippen molar-refractivity contribution in [2.45, 2.75) is 31.3 Å². The molecule has 2 N–H and O–H groups in total. The Morgan fingerprint density at radius 3 is 2.78 bits per heavy atom. The minimum Gasteiger partial charge on any atom is -0.336 e. The summed E-state index contributed by atoms with van der Waals surface area (Å²) in [5.74, 6) is 0.0286. The van der Waals surface area contributed by atoms with Gasteiger partial charge in [0.05, 0.1) is 4.47 Å². The molecule has 2 aliphatic rings. The maximum Gasteiger partial charge on any atom is 0.273 e. The highest BCUT2D eigenvalue weighted by Crippen LogP contribution is 2.30. The Bertz CT molecular complexity index is 715. The highest BCUT2D eigenvalue weighted by molar-refractivity contribution is 9.10. The van der Waals surface area contributed by atoms with Crippen molar-refractivity contribution in [1.82, 2.24) is 20.4 Å². The van der Waals surface area contributed by atoms with E-state index in [4.69, 9.17) is 0 Å². The predicted octanol–water partition coefficient (Wildman–Crippen LogP) is 2.81. The van der Waals surface area contributed by atoms with Crippen LogP contribution in [0.1, 0.15) is 29.8 Å². The van der Waals surface area contributed by atoms with E-state index in [1.165, 1.54) is 6.42 Å². The molecule has 23 heavy (non-hydrogen) atoms. The van der Waals surface area contributed by atoms with Crippen LogP contribution in [-0.2, 0) is 0 Å². The van der Waals surface area contributed by atoms with Gasteiger partial charge in [0, 0.05) is 30.7 Å². The van der Waals surface area contributed by atoms with Gasteiger partial charge in [0.1, 0.15) is 11.4 Å². The van der Waals surface area contributed by atoms with Crippen LogP contribution >= 0.6 is 15.9 Å². The van der Waals surface area contributed by atoms with Crippen molar-refractivity contribution < 1.29 is 4.79 Å². The molecule has 0 spiro atoms. The lowest BCUT2D eigenvalue weighted by atomic mass is 10.1. The zero-order valence-electron chi connectivity index (χ0n) is 12.8. The molecule has 5 nitrogen and oxygen atoms in total. The van der Waals surface area contributed by atoms with Gasteiger partial charge >= 0.3 is 0 Å². The predicted molar refractivity (Wildman–Crippen MR) is 92.2 cm³/mol. The molecule has 3 heterocycles. The Kier molecular flexibility index (Phi) is 3.95. The summed E-state index contributed by atoms with van der Waals surface area (Å²) in [5, 5.41) is 10.9. The number of rotatable bonds is 2. The van der Waals surface area contributed by atoms with E-state index in [1.54, 1.807) is 0 Å². The Hall–Kier alpha value is -1.66. The molecule has 2 atom stereocenters. The molecule has 0 saturated carbocycles. The van der Waals surface area contributed by atoms with Gasteiger partial charge in [-0.3, -0.25) is 9.89 Å². The molecule has 2 bridgehead atoms. The number of aromatic amines is 1. The molecule has 2 saturated heterocycles. The first-order valence-corrected chi connectivity index (χ1v) is 8.86. The van der Waals surface area contributed by atoms with Gasteiger partial charge in [0.2, 0.25) is 0 Å². The summed E-state index contributed by atoms with van der Waals surface area (Å²) in [6.45, 7) is 1.58. The van der Waals surface area contributed by atoms with Crippen LogP contribution in [0.25, 0.3) is 11.3 Å². The highest BCUT2D eigenvalue weighted by Gasteiger charge is 2.32. The largest absolute Gasteiger partial charge is 0.336 e. The molecule has 0 aliphatic carbocycles. The first kappa shape index (κ1) is 14.9. The normalized spacial score (nSPS) is 23.8. The molecule has 2 aliphatic heterocycles. The van der Waals surface area contributed by atoms with Crippen LogP contribution < -0.4 is 5.32 Å². The number of hydrogen-bond donors (Lipinski definition) is 2. The Balaban J connectivity index is 1.58. The van der Waals surface area contributed by atoms with Crippen LogP contribution in [0, 0.1) is 0 Å². The molecule has 1 aromatic carbocycles. The number of fused-ring (bicyclic) bond motifs is 2. The number of nitrogens with zero attached hydrogens (tertiary/aromatic N) is 2. The molecule has 2 unspecified atom stereocenters. The molecular formula is C17H19BrN4O. The fourth-order valence-corrected chi connectivity index (χ4v) is 4.12. The summed E-state index contributed by atoms with van der Waals surface area (Å²) in [6, 6.07) is 10.9. The van der Waals surface area contributed by atoms with Crippen LogP contribution in [0.15, 0.2) is 34.8 Å². The number of likely N-dealkylation sites (tertiary alicyclic amines) is 1. The van der Waals surface area contributed by atoms with Gasteiger partial charge in [-0.2, -0.15) is 5.10 Å². The van der Waals surface area contributed by atoms with Crippen LogP contribution in [0.2, 0.25) is 0 Å². The van der Waals surface area contributed by atoms with Crippen molar-refractivity contribution >= 4 is 21.8 Å². The van der Waals surface area contributed by atoms with Crippen LogP contribution in [-0.4, -0.2) is 46.2 Å². The molecule has 0 radical (unpaired) electrons. The second-order valence-corrected chi connectivity index (χ2v) is 7.10. The molecule has 1 amide bonds. The topological polar surface area (TPSA) is 61.0 Å². The number of carbonyl (C=O) groups excluding carboxylic acids is 1. The number of nitrogens with one attached hydrogen (secondary N) is 2. The third kappa shape index (κ3) is 2.81. The lowest BCUT2D eigenvalue weighted by Gasteiger charge is -2.23. The van der Waals surface area contributed by atoms with Gasteiger partial charge in [0.15, 0.2) is 0 Å². The zero-order chi connectivity index (χ0) is 15.8. The molecule has 4 rings (SSSR count). The van der Waals surface area contributed by atoms with Crippen molar-refractivity contribution in [3.63, 3.8) is 0 Å². The van der Waals surface area contributed by atoms with Crippen molar-refractivity contribution in [1.29, 1.82) is 0 Å². The van der Waals surface area contributed by atoms with E-state index in [0.717, 1.165) is 41.7 Å². The van der Waals surface area contributed by atoms with Gasteiger partial charge in [0.25, 0.3) is 5.91 Å². The molecule has 120 valence electrons. The number of benzene rings is 1. The van der Waals surface area contributed by atoms with Crippen molar-refractivity contribution in [3.05, 3.63) is 40.5 Å². The second kappa shape index (κ2) is 6.09. The molecule has 2 fully saturated rings. The van der Waals surface area contributed by atoms with E-state index < -0.39 is 0 Å². The first-order valence-electron chi connectivity index (χ1n) is 8.07. The first-order chi connectivity index (χ1) is 11.2. The SMILES string of the molecule is O=C(c1[nH]nc(-c2ccccc2)c1Br)N1CCC2CCC(C1)N2. The van der Waals surface area contributed by atoms with Gasteiger partial charge < -0.3 is 10.2 Å². The van der Waals surface area contributed by atoms with Crippen molar-refractivity contribution in [2.75, 3.05) is 13.1 Å². The van der Waals surface area contributed by atoms with Gasteiger partial charge in [-0.1, -0.05) is 30.3 Å². The average molecular weight is 375 g/mol. The van der Waals surface area contributed by atoms with Gasteiger partial charge in [-0.25, -0.2) is 0 Å². The third-order valence-corrected chi connectivity index (χ3v) is 5.55. The van der Waals surface area contributed by atoms with Gasteiger partial charge in [-0.15, -0.1) is 0 Å². The summed E-state index contributed by atoms with van der Waals surface area (Å²) in [5.41, 5.74) is 2.32. The Morgan fingerprint density at radius 1 is 1.17 bits per heavy atom. The fraction of sp³-hybridized carbons (Fsp3) is 0.412. The number of amides is 1. The summed E-state index contributed by atoms with van der Waals surface area (Å²) in [7, 11) is 0. The maximum absolute atomic E-state index is 12.9. The van der Waals surface area contributed by atoms with Crippen molar-refractivity contribution in [2.24, 2.45) is 0 Å². The van der Waals surface area contributed by atoms with Crippen LogP contribution in [0.3, 0.4) is 0 Å². The standard InChI is InChI=1S/C17H19BrN4O/c18-14-15(11-4-2-1-3-5-11)20-21-16(14)17(23)22-9-8-12-6-7-13(10-22)19-12/h1-5,12-13,19H,6-10H2,(H,20,21). The second-order valence-electron chi connectivity index (χ2n) is 6.30. The summed E-state index contributed by atoms with van der Waals surface area (Å²) in [4.78, 5) is 14.8. The van der Waals surface area contributed by atoms with Crippen molar-refractivity contribution in [3.8, 4) is 11.3 Å². The number of aromatic nitrogens is 2. The van der Waals surface area contributed by atoms with E-state index in [2.05, 4.69) is 31.4 Å². The lowest BCUT2D eigenvalue weighted by molar-refractivity contribution is 0.0741. The average Bonchev–Trinajstić information content (AvgIpc) is 3.10. The zero-order valence-corrected chi connectivity index (χ0v) is 14.3. The molecule has 1 aromatic heterocycles. The van der Waals surface area contributed by atoms with E-state index >= 15 is 0 Å². The Morgan fingerprint density at radius 2 is 1.96 bits per heavy atom. The molecule has 2 aromatic rings. The summed E-state index contributed by atoms with van der Waals surface area (Å²) in [6.07, 6.45) is 3.42. The third-order valence-electron chi connectivity index (χ3n) is 4.78.